The number of amides is 1. The van der Waals surface area contributed by atoms with Crippen LogP contribution in [0.5, 0.6) is 0 Å². The summed E-state index contributed by atoms with van der Waals surface area (Å²) in [6.07, 6.45) is 2.66. The minimum Gasteiger partial charge on any atom is -0.422 e. The number of fused-ring (bicyclic) bond motifs is 3. The highest BCUT2D eigenvalue weighted by molar-refractivity contribution is 6.31. The largest absolute Gasteiger partial charge is 0.422 e. The molecule has 2 fully saturated rings. The first-order valence-corrected chi connectivity index (χ1v) is 7.74. The Balaban J connectivity index is 0.00000156. The molecule has 3 atom stereocenters. The van der Waals surface area contributed by atoms with Crippen molar-refractivity contribution in [3.05, 3.63) is 45.3 Å². The topological polar surface area (TPSA) is 76.5 Å². The fourth-order valence-corrected chi connectivity index (χ4v) is 3.91. The molecule has 0 aliphatic carbocycles. The summed E-state index contributed by atoms with van der Waals surface area (Å²) in [4.78, 5) is 26.7. The number of carbonyl (C=O) groups excluding carboxylic acids is 1. The van der Waals surface area contributed by atoms with Gasteiger partial charge in [-0.25, -0.2) is 4.79 Å². The molecular weight excluding hydrogens is 339 g/mol. The van der Waals surface area contributed by atoms with Gasteiger partial charge in [0.25, 0.3) is 5.91 Å². The zero-order valence-electron chi connectivity index (χ0n) is 12.2. The van der Waals surface area contributed by atoms with Crippen LogP contribution in [-0.2, 0) is 0 Å². The van der Waals surface area contributed by atoms with Crippen molar-refractivity contribution in [3.8, 4) is 0 Å². The van der Waals surface area contributed by atoms with E-state index in [0.29, 0.717) is 16.0 Å². The monoisotopic (exact) mass is 354 g/mol. The van der Waals surface area contributed by atoms with E-state index in [-0.39, 0.29) is 42.0 Å². The van der Waals surface area contributed by atoms with Gasteiger partial charge in [0.15, 0.2) is 0 Å². The van der Waals surface area contributed by atoms with Gasteiger partial charge in [-0.3, -0.25) is 4.79 Å². The van der Waals surface area contributed by atoms with Gasteiger partial charge < -0.3 is 15.1 Å². The van der Waals surface area contributed by atoms with Crippen LogP contribution in [0.3, 0.4) is 0 Å². The number of hydrogen-bond acceptors (Lipinski definition) is 4. The molecule has 1 aromatic carbocycles. The summed E-state index contributed by atoms with van der Waals surface area (Å²) in [6.45, 7) is 0. The first-order valence-electron chi connectivity index (χ1n) is 7.36. The number of halogens is 2. The minimum atomic E-state index is -0.611. The second kappa shape index (κ2) is 5.82. The zero-order valence-corrected chi connectivity index (χ0v) is 13.8. The third kappa shape index (κ3) is 2.53. The van der Waals surface area contributed by atoms with Crippen LogP contribution >= 0.6 is 24.0 Å². The van der Waals surface area contributed by atoms with Crippen LogP contribution in [0.25, 0.3) is 11.0 Å². The lowest BCUT2D eigenvalue weighted by Gasteiger charge is -2.22. The van der Waals surface area contributed by atoms with Crippen molar-refractivity contribution in [2.24, 2.45) is 5.73 Å². The Morgan fingerprint density at radius 1 is 1.30 bits per heavy atom. The van der Waals surface area contributed by atoms with Crippen molar-refractivity contribution in [3.63, 3.8) is 0 Å². The molecule has 2 aliphatic heterocycles. The van der Waals surface area contributed by atoms with Gasteiger partial charge in [0.2, 0.25) is 0 Å². The van der Waals surface area contributed by atoms with Crippen LogP contribution in [0.2, 0.25) is 5.02 Å². The Kier molecular flexibility index (Phi) is 4.12. The number of nitrogens with zero attached hydrogens (tertiary/aromatic N) is 1. The highest BCUT2D eigenvalue weighted by Crippen LogP contribution is 2.37. The maximum atomic E-state index is 12.8. The lowest BCUT2D eigenvalue weighted by Crippen LogP contribution is -2.41. The average molecular weight is 355 g/mol. The first-order chi connectivity index (χ1) is 10.5. The molecule has 2 N–H and O–H groups in total. The molecule has 2 aromatic rings. The summed E-state index contributed by atoms with van der Waals surface area (Å²) in [6, 6.07) is 6.70. The van der Waals surface area contributed by atoms with E-state index < -0.39 is 5.63 Å². The van der Waals surface area contributed by atoms with E-state index in [2.05, 4.69) is 0 Å². The summed E-state index contributed by atoms with van der Waals surface area (Å²) in [5.41, 5.74) is 5.93. The van der Waals surface area contributed by atoms with Gasteiger partial charge in [-0.2, -0.15) is 0 Å². The van der Waals surface area contributed by atoms with Gasteiger partial charge in [-0.15, -0.1) is 12.4 Å². The van der Waals surface area contributed by atoms with Crippen molar-refractivity contribution in [1.82, 2.24) is 4.90 Å². The van der Waals surface area contributed by atoms with Gasteiger partial charge in [0.1, 0.15) is 11.1 Å². The third-order valence-corrected chi connectivity index (χ3v) is 4.98. The molecule has 2 bridgehead atoms. The van der Waals surface area contributed by atoms with Crippen molar-refractivity contribution in [2.75, 3.05) is 0 Å². The van der Waals surface area contributed by atoms with E-state index in [9.17, 15) is 9.59 Å². The summed E-state index contributed by atoms with van der Waals surface area (Å²) in [7, 11) is 0. The normalized spacial score (nSPS) is 25.7. The lowest BCUT2D eigenvalue weighted by atomic mass is 9.97. The summed E-state index contributed by atoms with van der Waals surface area (Å²) in [5.74, 6) is -0.281. The van der Waals surface area contributed by atoms with Gasteiger partial charge >= 0.3 is 5.63 Å². The predicted octanol–water partition coefficient (Wildman–Crippen LogP) is 2.57. The second-order valence-corrected chi connectivity index (χ2v) is 6.48. The summed E-state index contributed by atoms with van der Waals surface area (Å²) in [5, 5.41) is 1.18. The summed E-state index contributed by atoms with van der Waals surface area (Å²) < 4.78 is 5.25. The molecule has 0 unspecified atom stereocenters. The van der Waals surface area contributed by atoms with E-state index in [1.807, 2.05) is 0 Å². The van der Waals surface area contributed by atoms with E-state index in [4.69, 9.17) is 21.8 Å². The number of rotatable bonds is 1. The molecule has 23 heavy (non-hydrogen) atoms. The molecule has 2 saturated heterocycles. The van der Waals surface area contributed by atoms with Gasteiger partial charge in [0, 0.05) is 28.5 Å². The molecule has 7 heteroatoms. The molecule has 1 amide bonds. The standard InChI is InChI=1S/C16H15ClN2O3.ClH/c17-9-1-4-14-8(5-9)6-11(16(21)22-14)15(20)19-10-2-3-13(19)12(18)7-10;/h1,4-6,10,12-13H,2-3,7,18H2;1H/t10-,12+,13+;/m1./s1. The van der Waals surface area contributed by atoms with Crippen molar-refractivity contribution >= 4 is 40.9 Å². The Morgan fingerprint density at radius 3 is 2.74 bits per heavy atom. The second-order valence-electron chi connectivity index (χ2n) is 6.04. The van der Waals surface area contributed by atoms with E-state index in [1.54, 1.807) is 29.2 Å². The maximum absolute atomic E-state index is 12.8. The first kappa shape index (κ1) is 16.3. The average Bonchev–Trinajstić information content (AvgIpc) is 3.03. The lowest BCUT2D eigenvalue weighted by molar-refractivity contribution is 0.0722. The molecular formula is C16H16Cl2N2O3. The van der Waals surface area contributed by atoms with Crippen LogP contribution in [-0.4, -0.2) is 28.9 Å². The number of hydrogen-bond donors (Lipinski definition) is 1. The zero-order chi connectivity index (χ0) is 15.4. The molecule has 0 spiro atoms. The Bertz CT molecular complexity index is 836. The molecule has 5 nitrogen and oxygen atoms in total. The number of nitrogens with two attached hydrogens (primary N) is 1. The van der Waals surface area contributed by atoms with Crippen LogP contribution in [0.4, 0.5) is 0 Å². The van der Waals surface area contributed by atoms with E-state index >= 15 is 0 Å². The van der Waals surface area contributed by atoms with Crippen molar-refractivity contribution in [1.29, 1.82) is 0 Å². The van der Waals surface area contributed by atoms with Gasteiger partial charge in [-0.1, -0.05) is 11.6 Å². The van der Waals surface area contributed by atoms with Crippen LogP contribution in [0.15, 0.2) is 33.5 Å². The van der Waals surface area contributed by atoms with Crippen molar-refractivity contribution in [2.45, 2.75) is 37.4 Å². The smallest absolute Gasteiger partial charge is 0.349 e. The van der Waals surface area contributed by atoms with Gasteiger partial charge in [0.05, 0.1) is 0 Å². The predicted molar refractivity (Wildman–Crippen MR) is 90.3 cm³/mol. The SMILES string of the molecule is Cl.N[C@H]1C[C@H]2CC[C@@H]1N2C(=O)c1cc2cc(Cl)ccc2oc1=O. The van der Waals surface area contributed by atoms with Crippen LogP contribution < -0.4 is 11.4 Å². The number of carbonyl (C=O) groups is 1. The molecule has 2 aliphatic rings. The molecule has 0 radical (unpaired) electrons. The number of benzene rings is 1. The minimum absolute atomic E-state index is 0. The highest BCUT2D eigenvalue weighted by Gasteiger charge is 2.47. The highest BCUT2D eigenvalue weighted by atomic mass is 35.5. The quantitative estimate of drug-likeness (QED) is 0.798. The van der Waals surface area contributed by atoms with E-state index in [1.165, 1.54) is 0 Å². The Labute approximate surface area is 143 Å². The Hall–Kier alpha value is -1.56. The van der Waals surface area contributed by atoms with Crippen LogP contribution in [0.1, 0.15) is 29.6 Å². The van der Waals surface area contributed by atoms with E-state index in [0.717, 1.165) is 19.3 Å². The van der Waals surface area contributed by atoms with Crippen LogP contribution in [0, 0.1) is 0 Å². The maximum Gasteiger partial charge on any atom is 0.349 e. The molecule has 122 valence electrons. The fraction of sp³-hybridized carbons (Fsp3) is 0.375. The summed E-state index contributed by atoms with van der Waals surface area (Å²) >= 11 is 5.96. The third-order valence-electron chi connectivity index (χ3n) is 4.74. The molecule has 3 heterocycles. The van der Waals surface area contributed by atoms with Crippen molar-refractivity contribution < 1.29 is 9.21 Å². The molecule has 0 saturated carbocycles. The van der Waals surface area contributed by atoms with Gasteiger partial charge in [-0.05, 0) is 43.5 Å². The fourth-order valence-electron chi connectivity index (χ4n) is 3.73. The molecule has 4 rings (SSSR count). The Morgan fingerprint density at radius 2 is 2.09 bits per heavy atom. The molecule has 1 aromatic heterocycles.